The highest BCUT2D eigenvalue weighted by molar-refractivity contribution is 4.80. The van der Waals surface area contributed by atoms with Crippen molar-refractivity contribution in [3.8, 4) is 0 Å². The lowest BCUT2D eigenvalue weighted by molar-refractivity contribution is 0.155. The van der Waals surface area contributed by atoms with Gasteiger partial charge in [0.2, 0.25) is 0 Å². The number of rotatable bonds is 6. The molecule has 0 saturated carbocycles. The summed E-state index contributed by atoms with van der Waals surface area (Å²) < 4.78 is 0. The molecular formula is C15H32N2. The monoisotopic (exact) mass is 240 g/mol. The molecule has 1 N–H and O–H groups in total. The maximum absolute atomic E-state index is 3.53. The van der Waals surface area contributed by atoms with E-state index in [1.807, 2.05) is 0 Å². The van der Waals surface area contributed by atoms with Crippen molar-refractivity contribution in [1.82, 2.24) is 10.2 Å². The fraction of sp³-hybridized carbons (Fsp3) is 1.00. The van der Waals surface area contributed by atoms with Crippen molar-refractivity contribution in [2.24, 2.45) is 11.8 Å². The van der Waals surface area contributed by atoms with Crippen molar-refractivity contribution in [3.05, 3.63) is 0 Å². The second kappa shape index (κ2) is 8.10. The Balaban J connectivity index is 2.49. The molecule has 2 nitrogen and oxygen atoms in total. The molecule has 1 aliphatic rings. The van der Waals surface area contributed by atoms with Crippen molar-refractivity contribution in [2.45, 2.75) is 59.4 Å². The minimum atomic E-state index is 0.727. The van der Waals surface area contributed by atoms with Crippen LogP contribution in [0, 0.1) is 11.8 Å². The highest BCUT2D eigenvalue weighted by atomic mass is 15.2. The first-order valence-corrected chi connectivity index (χ1v) is 7.63. The molecule has 1 aliphatic heterocycles. The van der Waals surface area contributed by atoms with Gasteiger partial charge in [-0.15, -0.1) is 0 Å². The van der Waals surface area contributed by atoms with Gasteiger partial charge in [0.25, 0.3) is 0 Å². The highest BCUT2D eigenvalue weighted by Crippen LogP contribution is 2.23. The molecule has 2 atom stereocenters. The van der Waals surface area contributed by atoms with E-state index >= 15 is 0 Å². The van der Waals surface area contributed by atoms with Gasteiger partial charge in [-0.1, -0.05) is 34.1 Å². The molecular weight excluding hydrogens is 208 g/mol. The summed E-state index contributed by atoms with van der Waals surface area (Å²) in [4.78, 5) is 2.74. The molecule has 0 radical (unpaired) electrons. The first-order valence-electron chi connectivity index (χ1n) is 7.63. The summed E-state index contributed by atoms with van der Waals surface area (Å²) in [6.45, 7) is 14.2. The quantitative estimate of drug-likeness (QED) is 0.767. The SMILES string of the molecule is CCNCC(C(C)C)N1CCCC(CC)CC1. The number of nitrogens with zero attached hydrogens (tertiary/aromatic N) is 1. The first kappa shape index (κ1) is 15.0. The Morgan fingerprint density at radius 2 is 1.94 bits per heavy atom. The number of nitrogens with one attached hydrogen (secondary N) is 1. The van der Waals surface area contributed by atoms with Crippen LogP contribution < -0.4 is 5.32 Å². The van der Waals surface area contributed by atoms with Crippen molar-refractivity contribution >= 4 is 0 Å². The molecule has 1 fully saturated rings. The van der Waals surface area contributed by atoms with E-state index in [1.54, 1.807) is 0 Å². The molecule has 102 valence electrons. The van der Waals surface area contributed by atoms with Gasteiger partial charge in [-0.05, 0) is 50.7 Å². The topological polar surface area (TPSA) is 15.3 Å². The van der Waals surface area contributed by atoms with Crippen LogP contribution in [0.3, 0.4) is 0 Å². The van der Waals surface area contributed by atoms with E-state index in [9.17, 15) is 0 Å². The third-order valence-corrected chi connectivity index (χ3v) is 4.30. The molecule has 1 rings (SSSR count). The molecule has 17 heavy (non-hydrogen) atoms. The van der Waals surface area contributed by atoms with E-state index < -0.39 is 0 Å². The maximum atomic E-state index is 3.53. The van der Waals surface area contributed by atoms with Gasteiger partial charge >= 0.3 is 0 Å². The smallest absolute Gasteiger partial charge is 0.0243 e. The lowest BCUT2D eigenvalue weighted by Crippen LogP contribution is -2.46. The van der Waals surface area contributed by atoms with Crippen molar-refractivity contribution in [2.75, 3.05) is 26.2 Å². The van der Waals surface area contributed by atoms with Gasteiger partial charge in [-0.3, -0.25) is 4.90 Å². The summed E-state index contributed by atoms with van der Waals surface area (Å²) in [6.07, 6.45) is 5.62. The van der Waals surface area contributed by atoms with Gasteiger partial charge in [0.15, 0.2) is 0 Å². The van der Waals surface area contributed by atoms with E-state index in [2.05, 4.69) is 37.9 Å². The summed E-state index contributed by atoms with van der Waals surface area (Å²) in [5, 5.41) is 3.53. The third kappa shape index (κ3) is 4.97. The minimum absolute atomic E-state index is 0.727. The second-order valence-corrected chi connectivity index (χ2v) is 5.86. The zero-order valence-corrected chi connectivity index (χ0v) is 12.3. The van der Waals surface area contributed by atoms with Crippen LogP contribution in [0.15, 0.2) is 0 Å². The molecule has 0 aliphatic carbocycles. The van der Waals surface area contributed by atoms with Gasteiger partial charge in [0.1, 0.15) is 0 Å². The van der Waals surface area contributed by atoms with Crippen LogP contribution in [-0.4, -0.2) is 37.1 Å². The van der Waals surface area contributed by atoms with Gasteiger partial charge in [-0.2, -0.15) is 0 Å². The molecule has 1 heterocycles. The molecule has 0 aromatic heterocycles. The Morgan fingerprint density at radius 3 is 2.53 bits per heavy atom. The predicted molar refractivity (Wildman–Crippen MR) is 76.4 cm³/mol. The molecule has 0 aromatic carbocycles. The fourth-order valence-electron chi connectivity index (χ4n) is 3.01. The van der Waals surface area contributed by atoms with Crippen LogP contribution in [0.4, 0.5) is 0 Å². The standard InChI is InChI=1S/C15H32N2/c1-5-14-8-7-10-17(11-9-14)15(13(3)4)12-16-6-2/h13-16H,5-12H2,1-4H3. The summed E-state index contributed by atoms with van der Waals surface area (Å²) in [6, 6.07) is 0.727. The van der Waals surface area contributed by atoms with E-state index in [-0.39, 0.29) is 0 Å². The summed E-state index contributed by atoms with van der Waals surface area (Å²) in [5.41, 5.74) is 0. The van der Waals surface area contributed by atoms with E-state index in [0.29, 0.717) is 0 Å². The van der Waals surface area contributed by atoms with Crippen LogP contribution in [-0.2, 0) is 0 Å². The largest absolute Gasteiger partial charge is 0.315 e. The minimum Gasteiger partial charge on any atom is -0.315 e. The van der Waals surface area contributed by atoms with E-state index in [0.717, 1.165) is 31.0 Å². The second-order valence-electron chi connectivity index (χ2n) is 5.86. The average Bonchev–Trinajstić information content (AvgIpc) is 2.54. The summed E-state index contributed by atoms with van der Waals surface area (Å²) in [7, 11) is 0. The first-order chi connectivity index (χ1) is 8.19. The molecule has 0 spiro atoms. The molecule has 0 aromatic rings. The van der Waals surface area contributed by atoms with Gasteiger partial charge in [0.05, 0.1) is 0 Å². The van der Waals surface area contributed by atoms with Gasteiger partial charge in [-0.25, -0.2) is 0 Å². The third-order valence-electron chi connectivity index (χ3n) is 4.30. The lowest BCUT2D eigenvalue weighted by atomic mass is 9.98. The van der Waals surface area contributed by atoms with Crippen molar-refractivity contribution < 1.29 is 0 Å². The number of likely N-dealkylation sites (N-methyl/N-ethyl adjacent to an activating group) is 1. The molecule has 0 amide bonds. The normalized spacial score (nSPS) is 24.9. The predicted octanol–water partition coefficient (Wildman–Crippen LogP) is 3.13. The Hall–Kier alpha value is -0.0800. The van der Waals surface area contributed by atoms with Crippen LogP contribution in [0.5, 0.6) is 0 Å². The fourth-order valence-corrected chi connectivity index (χ4v) is 3.01. The maximum Gasteiger partial charge on any atom is 0.0243 e. The van der Waals surface area contributed by atoms with Crippen molar-refractivity contribution in [3.63, 3.8) is 0 Å². The van der Waals surface area contributed by atoms with E-state index in [1.165, 1.54) is 38.8 Å². The lowest BCUT2D eigenvalue weighted by Gasteiger charge is -2.34. The summed E-state index contributed by atoms with van der Waals surface area (Å²) >= 11 is 0. The zero-order valence-electron chi connectivity index (χ0n) is 12.3. The molecule has 1 saturated heterocycles. The zero-order chi connectivity index (χ0) is 12.7. The van der Waals surface area contributed by atoms with Gasteiger partial charge < -0.3 is 5.32 Å². The number of likely N-dealkylation sites (tertiary alicyclic amines) is 1. The van der Waals surface area contributed by atoms with Crippen LogP contribution in [0.1, 0.15) is 53.4 Å². The number of hydrogen-bond donors (Lipinski definition) is 1. The molecule has 2 heteroatoms. The van der Waals surface area contributed by atoms with Crippen LogP contribution >= 0.6 is 0 Å². The average molecular weight is 240 g/mol. The molecule has 0 bridgehead atoms. The van der Waals surface area contributed by atoms with E-state index in [4.69, 9.17) is 0 Å². The van der Waals surface area contributed by atoms with Crippen LogP contribution in [0.2, 0.25) is 0 Å². The van der Waals surface area contributed by atoms with Crippen molar-refractivity contribution in [1.29, 1.82) is 0 Å². The Bertz CT molecular complexity index is 191. The summed E-state index contributed by atoms with van der Waals surface area (Å²) in [5.74, 6) is 1.74. The highest BCUT2D eigenvalue weighted by Gasteiger charge is 2.24. The Labute approximate surface area is 108 Å². The Kier molecular flexibility index (Phi) is 7.14. The molecule has 2 unspecified atom stereocenters. The Morgan fingerprint density at radius 1 is 1.18 bits per heavy atom. The van der Waals surface area contributed by atoms with Crippen LogP contribution in [0.25, 0.3) is 0 Å². The van der Waals surface area contributed by atoms with Gasteiger partial charge in [0, 0.05) is 12.6 Å². The number of hydrogen-bond acceptors (Lipinski definition) is 2.